The maximum atomic E-state index is 12.3. The van der Waals surface area contributed by atoms with Crippen LogP contribution in [-0.4, -0.2) is 33.9 Å². The second kappa shape index (κ2) is 6.22. The molecule has 1 fully saturated rings. The molecule has 1 aliphatic rings. The predicted molar refractivity (Wildman–Crippen MR) is 81.6 cm³/mol. The van der Waals surface area contributed by atoms with Gasteiger partial charge in [0.05, 0.1) is 11.6 Å². The average molecular weight is 293 g/mol. The third kappa shape index (κ3) is 3.04. The lowest BCUT2D eigenvalue weighted by Crippen LogP contribution is -2.28. The smallest absolute Gasteiger partial charge is 0.272 e. The summed E-state index contributed by atoms with van der Waals surface area (Å²) in [6, 6.07) is 10.8. The Morgan fingerprint density at radius 3 is 2.59 bits per heavy atom. The summed E-state index contributed by atoms with van der Waals surface area (Å²) in [6.45, 7) is 1.59. The molecule has 0 aliphatic carbocycles. The summed E-state index contributed by atoms with van der Waals surface area (Å²) in [5, 5.41) is 11.9. The van der Waals surface area contributed by atoms with Gasteiger partial charge in [0.1, 0.15) is 17.8 Å². The van der Waals surface area contributed by atoms with Crippen molar-refractivity contribution >= 4 is 17.4 Å². The topological polar surface area (TPSA) is 81.9 Å². The van der Waals surface area contributed by atoms with E-state index < -0.39 is 0 Å². The summed E-state index contributed by atoms with van der Waals surface area (Å²) in [6.07, 6.45) is 3.48. The fourth-order valence-electron chi connectivity index (χ4n) is 2.40. The number of carbonyl (C=O) groups is 1. The Morgan fingerprint density at radius 2 is 1.91 bits per heavy atom. The first-order chi connectivity index (χ1) is 10.8. The van der Waals surface area contributed by atoms with Crippen LogP contribution in [0.2, 0.25) is 0 Å². The first kappa shape index (κ1) is 14.0. The van der Waals surface area contributed by atoms with Crippen molar-refractivity contribution in [3.63, 3.8) is 0 Å². The number of nitrogens with zero attached hydrogens (tertiary/aromatic N) is 4. The van der Waals surface area contributed by atoms with Crippen molar-refractivity contribution in [3.05, 3.63) is 47.9 Å². The van der Waals surface area contributed by atoms with Gasteiger partial charge >= 0.3 is 0 Å². The molecule has 0 unspecified atom stereocenters. The Labute approximate surface area is 128 Å². The van der Waals surface area contributed by atoms with E-state index in [2.05, 4.69) is 21.4 Å². The molecule has 3 rings (SSSR count). The van der Waals surface area contributed by atoms with E-state index in [1.807, 2.05) is 4.90 Å². The molecule has 1 N–H and O–H groups in total. The molecular formula is C16H15N5O. The number of benzene rings is 1. The molecule has 0 radical (unpaired) electrons. The van der Waals surface area contributed by atoms with Gasteiger partial charge in [0, 0.05) is 24.8 Å². The van der Waals surface area contributed by atoms with Crippen molar-refractivity contribution in [2.45, 2.75) is 12.8 Å². The highest BCUT2D eigenvalue weighted by Gasteiger charge is 2.20. The molecular weight excluding hydrogens is 278 g/mol. The molecule has 2 aromatic rings. The highest BCUT2D eigenvalue weighted by Crippen LogP contribution is 2.17. The Morgan fingerprint density at radius 1 is 1.18 bits per heavy atom. The number of nitrogens with one attached hydrogen (secondary N) is 1. The van der Waals surface area contributed by atoms with Crippen LogP contribution < -0.4 is 5.32 Å². The lowest BCUT2D eigenvalue weighted by Gasteiger charge is -2.14. The Balaban J connectivity index is 1.75. The van der Waals surface area contributed by atoms with Gasteiger partial charge in [-0.2, -0.15) is 5.26 Å². The Hall–Kier alpha value is -2.94. The molecule has 1 aromatic carbocycles. The van der Waals surface area contributed by atoms with E-state index in [0.717, 1.165) is 31.6 Å². The summed E-state index contributed by atoms with van der Waals surface area (Å²) in [7, 11) is 0. The van der Waals surface area contributed by atoms with Crippen molar-refractivity contribution in [3.8, 4) is 6.07 Å². The third-order valence-electron chi connectivity index (χ3n) is 3.57. The molecule has 1 aliphatic heterocycles. The first-order valence-electron chi connectivity index (χ1n) is 7.15. The lowest BCUT2D eigenvalue weighted by molar-refractivity contribution is 0.0787. The van der Waals surface area contributed by atoms with Crippen LogP contribution in [0.15, 0.2) is 36.7 Å². The normalized spacial score (nSPS) is 13.7. The van der Waals surface area contributed by atoms with Gasteiger partial charge in [-0.1, -0.05) is 0 Å². The summed E-state index contributed by atoms with van der Waals surface area (Å²) in [5.74, 6) is 0.505. The number of amides is 1. The largest absolute Gasteiger partial charge is 0.340 e. The highest BCUT2D eigenvalue weighted by molar-refractivity contribution is 5.93. The summed E-state index contributed by atoms with van der Waals surface area (Å²) in [5.41, 5.74) is 1.79. The van der Waals surface area contributed by atoms with Crippen LogP contribution in [0.5, 0.6) is 0 Å². The number of hydrogen-bond acceptors (Lipinski definition) is 5. The van der Waals surface area contributed by atoms with Crippen LogP contribution in [0, 0.1) is 11.3 Å². The van der Waals surface area contributed by atoms with Gasteiger partial charge < -0.3 is 10.2 Å². The fraction of sp³-hybridized carbons (Fsp3) is 0.250. The van der Waals surface area contributed by atoms with E-state index in [9.17, 15) is 4.79 Å². The molecule has 6 heteroatoms. The van der Waals surface area contributed by atoms with Gasteiger partial charge in [0.25, 0.3) is 5.91 Å². The minimum atomic E-state index is -0.0530. The molecule has 110 valence electrons. The quantitative estimate of drug-likeness (QED) is 0.939. The standard InChI is InChI=1S/C16H15N5O/c17-10-12-3-5-13(6-4-12)20-15-9-14(18-11-19-15)16(22)21-7-1-2-8-21/h3-6,9,11H,1-2,7-8H2,(H,18,19,20). The number of nitriles is 1. The first-order valence-corrected chi connectivity index (χ1v) is 7.15. The average Bonchev–Trinajstić information content (AvgIpc) is 3.09. The molecule has 1 saturated heterocycles. The number of carbonyl (C=O) groups excluding carboxylic acids is 1. The molecule has 0 saturated carbocycles. The number of aromatic nitrogens is 2. The Kier molecular flexibility index (Phi) is 3.97. The predicted octanol–water partition coefficient (Wildman–Crippen LogP) is 2.33. The van der Waals surface area contributed by atoms with Gasteiger partial charge in [0.15, 0.2) is 0 Å². The number of rotatable bonds is 3. The number of hydrogen-bond donors (Lipinski definition) is 1. The van der Waals surface area contributed by atoms with E-state index in [1.54, 1.807) is 30.3 Å². The number of likely N-dealkylation sites (tertiary alicyclic amines) is 1. The second-order valence-electron chi connectivity index (χ2n) is 5.10. The molecule has 1 aromatic heterocycles. The maximum Gasteiger partial charge on any atom is 0.272 e. The zero-order chi connectivity index (χ0) is 15.4. The highest BCUT2D eigenvalue weighted by atomic mass is 16.2. The minimum absolute atomic E-state index is 0.0530. The van der Waals surface area contributed by atoms with Crippen LogP contribution in [0.3, 0.4) is 0 Å². The molecule has 0 atom stereocenters. The summed E-state index contributed by atoms with van der Waals surface area (Å²) < 4.78 is 0. The van der Waals surface area contributed by atoms with Crippen LogP contribution in [0.4, 0.5) is 11.5 Å². The van der Waals surface area contributed by atoms with Gasteiger partial charge in [0.2, 0.25) is 0 Å². The summed E-state index contributed by atoms with van der Waals surface area (Å²) in [4.78, 5) is 22.3. The van der Waals surface area contributed by atoms with Crippen molar-refractivity contribution in [2.24, 2.45) is 0 Å². The zero-order valence-corrected chi connectivity index (χ0v) is 12.0. The third-order valence-corrected chi connectivity index (χ3v) is 3.57. The second-order valence-corrected chi connectivity index (χ2v) is 5.10. The SMILES string of the molecule is N#Cc1ccc(Nc2cc(C(=O)N3CCCC3)ncn2)cc1. The van der Waals surface area contributed by atoms with E-state index in [-0.39, 0.29) is 5.91 Å². The van der Waals surface area contributed by atoms with Gasteiger partial charge in [-0.3, -0.25) is 4.79 Å². The molecule has 0 spiro atoms. The van der Waals surface area contributed by atoms with E-state index in [0.29, 0.717) is 17.1 Å². The Bertz CT molecular complexity index is 714. The van der Waals surface area contributed by atoms with Crippen molar-refractivity contribution in [1.82, 2.24) is 14.9 Å². The van der Waals surface area contributed by atoms with Gasteiger partial charge in [-0.15, -0.1) is 0 Å². The maximum absolute atomic E-state index is 12.3. The van der Waals surface area contributed by atoms with Crippen molar-refractivity contribution in [2.75, 3.05) is 18.4 Å². The molecule has 6 nitrogen and oxygen atoms in total. The minimum Gasteiger partial charge on any atom is -0.340 e. The van der Waals surface area contributed by atoms with Crippen LogP contribution in [0.1, 0.15) is 28.9 Å². The zero-order valence-electron chi connectivity index (χ0n) is 12.0. The lowest BCUT2D eigenvalue weighted by atomic mass is 10.2. The fourth-order valence-corrected chi connectivity index (χ4v) is 2.40. The van der Waals surface area contributed by atoms with E-state index in [4.69, 9.17) is 5.26 Å². The number of anilines is 2. The molecule has 2 heterocycles. The van der Waals surface area contributed by atoms with E-state index >= 15 is 0 Å². The van der Waals surface area contributed by atoms with Crippen LogP contribution >= 0.6 is 0 Å². The van der Waals surface area contributed by atoms with Gasteiger partial charge in [-0.25, -0.2) is 9.97 Å². The molecule has 1 amide bonds. The van der Waals surface area contributed by atoms with Gasteiger partial charge in [-0.05, 0) is 37.1 Å². The molecule has 22 heavy (non-hydrogen) atoms. The van der Waals surface area contributed by atoms with E-state index in [1.165, 1.54) is 6.33 Å². The van der Waals surface area contributed by atoms with Crippen molar-refractivity contribution in [1.29, 1.82) is 5.26 Å². The van der Waals surface area contributed by atoms with Crippen LogP contribution in [-0.2, 0) is 0 Å². The summed E-state index contributed by atoms with van der Waals surface area (Å²) >= 11 is 0. The molecule has 0 bridgehead atoms. The van der Waals surface area contributed by atoms with Crippen molar-refractivity contribution < 1.29 is 4.79 Å². The monoisotopic (exact) mass is 293 g/mol. The van der Waals surface area contributed by atoms with Crippen LogP contribution in [0.25, 0.3) is 0 Å².